The zero-order chi connectivity index (χ0) is 23.2. The molecule has 2 aromatic heterocycles. The van der Waals surface area contributed by atoms with E-state index in [0.29, 0.717) is 15.9 Å². The van der Waals surface area contributed by atoms with Crippen LogP contribution in [0, 0.1) is 0 Å². The maximum absolute atomic E-state index is 13.4. The molecule has 4 aromatic rings. The van der Waals surface area contributed by atoms with Gasteiger partial charge in [0.1, 0.15) is 10.6 Å². The van der Waals surface area contributed by atoms with Gasteiger partial charge in [0, 0.05) is 18.0 Å². The van der Waals surface area contributed by atoms with Gasteiger partial charge in [-0.25, -0.2) is 21.8 Å². The molecule has 0 aliphatic heterocycles. The first-order chi connectivity index (χ1) is 15.7. The average molecular weight is 503 g/mol. The molecule has 172 valence electrons. The first-order valence-corrected chi connectivity index (χ1v) is 14.7. The van der Waals surface area contributed by atoms with E-state index in [1.54, 1.807) is 16.9 Å². The number of thiazole rings is 1. The number of nitrogens with zero attached hydrogens (tertiary/aromatic N) is 3. The van der Waals surface area contributed by atoms with Gasteiger partial charge in [0.25, 0.3) is 10.0 Å². The predicted molar refractivity (Wildman–Crippen MR) is 129 cm³/mol. The fourth-order valence-corrected chi connectivity index (χ4v) is 7.09. The molecule has 0 bridgehead atoms. The van der Waals surface area contributed by atoms with E-state index in [2.05, 4.69) is 14.8 Å². The molecule has 1 saturated carbocycles. The third-order valence-corrected chi connectivity index (χ3v) is 9.26. The molecule has 1 aliphatic rings. The second-order valence-electron chi connectivity index (χ2n) is 8.15. The van der Waals surface area contributed by atoms with Gasteiger partial charge in [-0.15, -0.1) is 0 Å². The summed E-state index contributed by atoms with van der Waals surface area (Å²) in [6, 6.07) is 14.0. The highest BCUT2D eigenvalue weighted by Crippen LogP contribution is 2.35. The highest BCUT2D eigenvalue weighted by molar-refractivity contribution is 7.93. The number of sulfone groups is 1. The summed E-state index contributed by atoms with van der Waals surface area (Å²) in [4.78, 5) is 4.60. The summed E-state index contributed by atoms with van der Waals surface area (Å²) in [6.07, 6.45) is 6.90. The van der Waals surface area contributed by atoms with Crippen LogP contribution in [0.3, 0.4) is 0 Å². The molecule has 0 amide bonds. The van der Waals surface area contributed by atoms with E-state index in [1.165, 1.54) is 12.1 Å². The molecule has 2 aromatic carbocycles. The summed E-state index contributed by atoms with van der Waals surface area (Å²) < 4.78 is 55.5. The Labute approximate surface area is 196 Å². The SMILES string of the molecule is CS(=O)(=O)c1ccc2nc(NS(=O)(=O)c3cn(C4CCCC4)nc3-c3ccccc3)sc2c1. The Morgan fingerprint density at radius 3 is 2.45 bits per heavy atom. The van der Waals surface area contributed by atoms with Crippen molar-refractivity contribution < 1.29 is 16.8 Å². The minimum absolute atomic E-state index is 0.0941. The molecule has 11 heteroatoms. The van der Waals surface area contributed by atoms with Gasteiger partial charge < -0.3 is 0 Å². The Kier molecular flexibility index (Phi) is 5.50. The summed E-state index contributed by atoms with van der Waals surface area (Å²) in [7, 11) is -7.37. The van der Waals surface area contributed by atoms with Gasteiger partial charge in [0.05, 0.1) is 21.2 Å². The third-order valence-electron chi connectivity index (χ3n) is 5.74. The molecule has 1 fully saturated rings. The van der Waals surface area contributed by atoms with Crippen LogP contribution in [0.1, 0.15) is 31.7 Å². The van der Waals surface area contributed by atoms with Crippen molar-refractivity contribution in [2.45, 2.75) is 41.5 Å². The van der Waals surface area contributed by atoms with Crippen molar-refractivity contribution in [2.24, 2.45) is 0 Å². The van der Waals surface area contributed by atoms with Crippen molar-refractivity contribution in [3.8, 4) is 11.3 Å². The van der Waals surface area contributed by atoms with Crippen molar-refractivity contribution in [1.82, 2.24) is 14.8 Å². The molecule has 1 N–H and O–H groups in total. The van der Waals surface area contributed by atoms with Gasteiger partial charge in [-0.1, -0.05) is 54.5 Å². The first-order valence-electron chi connectivity index (χ1n) is 10.5. The van der Waals surface area contributed by atoms with Crippen LogP contribution in [0.4, 0.5) is 5.13 Å². The van der Waals surface area contributed by atoms with Crippen LogP contribution in [0.15, 0.2) is 64.5 Å². The summed E-state index contributed by atoms with van der Waals surface area (Å²) >= 11 is 1.09. The summed E-state index contributed by atoms with van der Waals surface area (Å²) in [5.41, 5.74) is 1.64. The van der Waals surface area contributed by atoms with Crippen LogP contribution in [0.5, 0.6) is 0 Å². The number of aromatic nitrogens is 3. The smallest absolute Gasteiger partial charge is 0.267 e. The van der Waals surface area contributed by atoms with Crippen molar-refractivity contribution in [3.05, 3.63) is 54.7 Å². The summed E-state index contributed by atoms with van der Waals surface area (Å²) in [6.45, 7) is 0. The number of anilines is 1. The molecule has 8 nitrogen and oxygen atoms in total. The van der Waals surface area contributed by atoms with Crippen LogP contribution < -0.4 is 4.72 Å². The maximum Gasteiger partial charge on any atom is 0.267 e. The average Bonchev–Trinajstić information content (AvgIpc) is 3.51. The van der Waals surface area contributed by atoms with Crippen LogP contribution in [-0.4, -0.2) is 37.9 Å². The van der Waals surface area contributed by atoms with E-state index < -0.39 is 19.9 Å². The second kappa shape index (κ2) is 8.23. The Bertz CT molecular complexity index is 1540. The predicted octanol–water partition coefficient (Wildman–Crippen LogP) is 4.48. The quantitative estimate of drug-likeness (QED) is 0.416. The molecule has 0 spiro atoms. The number of benzene rings is 2. The van der Waals surface area contributed by atoms with Gasteiger partial charge in [-0.05, 0) is 31.0 Å². The van der Waals surface area contributed by atoms with Crippen LogP contribution in [-0.2, 0) is 19.9 Å². The Balaban J connectivity index is 1.54. The van der Waals surface area contributed by atoms with Crippen molar-refractivity contribution in [1.29, 1.82) is 0 Å². The number of rotatable bonds is 6. The number of hydrogen-bond acceptors (Lipinski definition) is 7. The Morgan fingerprint density at radius 1 is 1.03 bits per heavy atom. The molecule has 0 atom stereocenters. The van der Waals surface area contributed by atoms with Crippen molar-refractivity contribution >= 4 is 46.5 Å². The first kappa shape index (κ1) is 22.1. The van der Waals surface area contributed by atoms with Crippen LogP contribution in [0.2, 0.25) is 0 Å². The summed E-state index contributed by atoms with van der Waals surface area (Å²) in [5.74, 6) is 0. The van der Waals surface area contributed by atoms with Crippen molar-refractivity contribution in [2.75, 3.05) is 11.0 Å². The third kappa shape index (κ3) is 4.40. The molecule has 0 saturated heterocycles. The monoisotopic (exact) mass is 502 g/mol. The lowest BCUT2D eigenvalue weighted by Crippen LogP contribution is -2.13. The van der Waals surface area contributed by atoms with E-state index in [9.17, 15) is 16.8 Å². The molecular weight excluding hydrogens is 480 g/mol. The minimum atomic E-state index is -3.99. The van der Waals surface area contributed by atoms with E-state index in [1.807, 2.05) is 30.3 Å². The molecule has 0 radical (unpaired) electrons. The minimum Gasteiger partial charge on any atom is -0.268 e. The highest BCUT2D eigenvalue weighted by atomic mass is 32.2. The van der Waals surface area contributed by atoms with Crippen LogP contribution in [0.25, 0.3) is 21.5 Å². The maximum atomic E-state index is 13.4. The largest absolute Gasteiger partial charge is 0.268 e. The van der Waals surface area contributed by atoms with Crippen LogP contribution >= 0.6 is 11.3 Å². The number of hydrogen-bond donors (Lipinski definition) is 1. The Morgan fingerprint density at radius 2 is 1.76 bits per heavy atom. The molecular formula is C22H22N4O4S3. The van der Waals surface area contributed by atoms with Gasteiger partial charge in [0.2, 0.25) is 0 Å². The molecule has 33 heavy (non-hydrogen) atoms. The molecule has 1 aliphatic carbocycles. The highest BCUT2D eigenvalue weighted by Gasteiger charge is 2.28. The topological polar surface area (TPSA) is 111 Å². The second-order valence-corrected chi connectivity index (χ2v) is 12.8. The lowest BCUT2D eigenvalue weighted by atomic mass is 10.2. The van der Waals surface area contributed by atoms with E-state index in [4.69, 9.17) is 0 Å². The lowest BCUT2D eigenvalue weighted by molar-refractivity contribution is 0.467. The van der Waals surface area contributed by atoms with Gasteiger partial charge in [0.15, 0.2) is 15.0 Å². The van der Waals surface area contributed by atoms with Crippen molar-refractivity contribution in [3.63, 3.8) is 0 Å². The molecule has 0 unspecified atom stereocenters. The number of nitrogens with one attached hydrogen (secondary N) is 1. The van der Waals surface area contributed by atoms with E-state index >= 15 is 0 Å². The zero-order valence-electron chi connectivity index (χ0n) is 17.8. The number of sulfonamides is 1. The van der Waals surface area contributed by atoms with Gasteiger partial charge >= 0.3 is 0 Å². The van der Waals surface area contributed by atoms with Gasteiger partial charge in [-0.2, -0.15) is 5.10 Å². The van der Waals surface area contributed by atoms with Gasteiger partial charge in [-0.3, -0.25) is 9.40 Å². The molecule has 2 heterocycles. The Hall–Kier alpha value is -2.76. The normalized spacial score (nSPS) is 15.3. The lowest BCUT2D eigenvalue weighted by Gasteiger charge is -2.08. The standard InChI is InChI=1S/C22H22N4O4S3/c1-32(27,28)17-11-12-18-19(13-17)31-22(23-18)25-33(29,30)20-14-26(16-9-5-6-10-16)24-21(20)15-7-3-2-4-8-15/h2-4,7-8,11-14,16H,5-6,9-10H2,1H3,(H,23,25). The molecule has 5 rings (SSSR count). The summed E-state index contributed by atoms with van der Waals surface area (Å²) in [5, 5.41) is 4.84. The zero-order valence-corrected chi connectivity index (χ0v) is 20.3. The van der Waals surface area contributed by atoms with E-state index in [-0.39, 0.29) is 21.0 Å². The number of fused-ring (bicyclic) bond motifs is 1. The van der Waals surface area contributed by atoms with E-state index in [0.717, 1.165) is 48.8 Å². The fraction of sp³-hybridized carbons (Fsp3) is 0.273. The fourth-order valence-electron chi connectivity index (χ4n) is 4.07.